The number of thioether (sulfide) groups is 1. The Bertz CT molecular complexity index is 986. The summed E-state index contributed by atoms with van der Waals surface area (Å²) in [7, 11) is 0. The number of rotatable bonds is 7. The van der Waals surface area contributed by atoms with E-state index in [-0.39, 0.29) is 5.91 Å². The number of ether oxygens (including phenoxy) is 1. The standard InChI is InChI=1S/C22H25N5O2S/c1-2-29-19-11-5-4-10-18(19)27-21(17-9-8-12-23-15-17)24-25-22(27)30-16-20(28)26-13-6-3-7-14-26/h4-5,8-12,15H,2-3,6-7,13-14,16H2,1H3. The molecule has 0 unspecified atom stereocenters. The maximum Gasteiger partial charge on any atom is 0.233 e. The highest BCUT2D eigenvalue weighted by Crippen LogP contribution is 2.32. The Morgan fingerprint density at radius 2 is 1.93 bits per heavy atom. The van der Waals surface area contributed by atoms with Crippen LogP contribution in [0.15, 0.2) is 53.9 Å². The number of piperidine rings is 1. The van der Waals surface area contributed by atoms with Crippen molar-refractivity contribution in [2.75, 3.05) is 25.4 Å². The van der Waals surface area contributed by atoms with Crippen LogP contribution >= 0.6 is 11.8 Å². The third-order valence-electron chi connectivity index (χ3n) is 4.99. The number of nitrogens with zero attached hydrogens (tertiary/aromatic N) is 5. The van der Waals surface area contributed by atoms with Crippen LogP contribution in [0.1, 0.15) is 26.2 Å². The number of amides is 1. The summed E-state index contributed by atoms with van der Waals surface area (Å²) in [6.45, 7) is 4.20. The topological polar surface area (TPSA) is 73.1 Å². The van der Waals surface area contributed by atoms with Crippen molar-refractivity contribution >= 4 is 17.7 Å². The Morgan fingerprint density at radius 3 is 2.70 bits per heavy atom. The summed E-state index contributed by atoms with van der Waals surface area (Å²) in [6.07, 6.45) is 6.86. The minimum Gasteiger partial charge on any atom is -0.492 e. The zero-order valence-corrected chi connectivity index (χ0v) is 17.8. The molecule has 1 fully saturated rings. The summed E-state index contributed by atoms with van der Waals surface area (Å²) in [5, 5.41) is 9.49. The lowest BCUT2D eigenvalue weighted by Crippen LogP contribution is -2.36. The smallest absolute Gasteiger partial charge is 0.233 e. The van der Waals surface area contributed by atoms with Gasteiger partial charge in [-0.1, -0.05) is 23.9 Å². The average molecular weight is 424 g/mol. The molecule has 1 aromatic carbocycles. The molecule has 0 saturated carbocycles. The van der Waals surface area contributed by atoms with Crippen molar-refractivity contribution < 1.29 is 9.53 Å². The van der Waals surface area contributed by atoms with Crippen molar-refractivity contribution in [1.82, 2.24) is 24.6 Å². The lowest BCUT2D eigenvalue weighted by atomic mass is 10.1. The lowest BCUT2D eigenvalue weighted by molar-refractivity contribution is -0.129. The summed E-state index contributed by atoms with van der Waals surface area (Å²) in [4.78, 5) is 18.8. The summed E-state index contributed by atoms with van der Waals surface area (Å²) in [5.41, 5.74) is 1.70. The first-order valence-corrected chi connectivity index (χ1v) is 11.2. The van der Waals surface area contributed by atoms with E-state index >= 15 is 0 Å². The van der Waals surface area contributed by atoms with Gasteiger partial charge >= 0.3 is 0 Å². The van der Waals surface area contributed by atoms with Crippen LogP contribution in [0.3, 0.4) is 0 Å². The Kier molecular flexibility index (Phi) is 6.63. The van der Waals surface area contributed by atoms with E-state index in [9.17, 15) is 4.79 Å². The molecule has 0 bridgehead atoms. The molecule has 30 heavy (non-hydrogen) atoms. The quantitative estimate of drug-likeness (QED) is 0.538. The average Bonchev–Trinajstić information content (AvgIpc) is 3.23. The van der Waals surface area contributed by atoms with Crippen LogP contribution in [-0.2, 0) is 4.79 Å². The maximum atomic E-state index is 12.7. The monoisotopic (exact) mass is 423 g/mol. The fraction of sp³-hybridized carbons (Fsp3) is 0.364. The molecule has 1 saturated heterocycles. The predicted octanol–water partition coefficient (Wildman–Crippen LogP) is 3.83. The van der Waals surface area contributed by atoms with Crippen LogP contribution in [0.25, 0.3) is 17.1 Å². The van der Waals surface area contributed by atoms with E-state index < -0.39 is 0 Å². The van der Waals surface area contributed by atoms with Gasteiger partial charge in [0.25, 0.3) is 0 Å². The number of benzene rings is 1. The third-order valence-corrected chi connectivity index (χ3v) is 5.91. The van der Waals surface area contributed by atoms with Gasteiger partial charge in [-0.15, -0.1) is 10.2 Å². The normalized spacial score (nSPS) is 14.0. The predicted molar refractivity (Wildman–Crippen MR) is 117 cm³/mol. The number of likely N-dealkylation sites (tertiary alicyclic amines) is 1. The summed E-state index contributed by atoms with van der Waals surface area (Å²) < 4.78 is 7.81. The van der Waals surface area contributed by atoms with Gasteiger partial charge in [0.1, 0.15) is 5.75 Å². The Labute approximate surface area is 180 Å². The molecule has 8 heteroatoms. The largest absolute Gasteiger partial charge is 0.492 e. The van der Waals surface area contributed by atoms with Gasteiger partial charge in [-0.3, -0.25) is 14.3 Å². The highest BCUT2D eigenvalue weighted by atomic mass is 32.2. The van der Waals surface area contributed by atoms with Gasteiger partial charge in [0.15, 0.2) is 11.0 Å². The highest BCUT2D eigenvalue weighted by Gasteiger charge is 2.22. The van der Waals surface area contributed by atoms with Gasteiger partial charge in [-0.05, 0) is 50.5 Å². The third kappa shape index (κ3) is 4.48. The molecule has 1 amide bonds. The number of pyridine rings is 1. The number of aromatic nitrogens is 4. The minimum absolute atomic E-state index is 0.148. The highest BCUT2D eigenvalue weighted by molar-refractivity contribution is 7.99. The molecule has 156 valence electrons. The second kappa shape index (κ2) is 9.75. The van der Waals surface area contributed by atoms with Crippen LogP contribution in [0.2, 0.25) is 0 Å². The molecule has 4 rings (SSSR count). The molecule has 1 aliphatic rings. The number of carbonyl (C=O) groups excluding carboxylic acids is 1. The molecule has 0 spiro atoms. The fourth-order valence-corrected chi connectivity index (χ4v) is 4.39. The van der Waals surface area contributed by atoms with Crippen LogP contribution in [-0.4, -0.2) is 56.0 Å². The zero-order valence-electron chi connectivity index (χ0n) is 17.0. The summed E-state index contributed by atoms with van der Waals surface area (Å²) in [6, 6.07) is 11.6. The first-order valence-electron chi connectivity index (χ1n) is 10.3. The van der Waals surface area contributed by atoms with E-state index in [4.69, 9.17) is 4.74 Å². The Morgan fingerprint density at radius 1 is 1.10 bits per heavy atom. The second-order valence-electron chi connectivity index (χ2n) is 7.01. The maximum absolute atomic E-state index is 12.7. The number of hydrogen-bond donors (Lipinski definition) is 0. The molecule has 0 aliphatic carbocycles. The van der Waals surface area contributed by atoms with Crippen molar-refractivity contribution in [2.45, 2.75) is 31.3 Å². The minimum atomic E-state index is 0.148. The molecule has 0 N–H and O–H groups in total. The van der Waals surface area contributed by atoms with Crippen LogP contribution < -0.4 is 4.74 Å². The van der Waals surface area contributed by atoms with Crippen molar-refractivity contribution in [3.8, 4) is 22.8 Å². The fourth-order valence-electron chi connectivity index (χ4n) is 3.54. The van der Waals surface area contributed by atoms with Gasteiger partial charge in [-0.2, -0.15) is 0 Å². The van der Waals surface area contributed by atoms with E-state index in [0.717, 1.165) is 42.9 Å². The first kappa shape index (κ1) is 20.4. The van der Waals surface area contributed by atoms with Crippen molar-refractivity contribution in [3.05, 3.63) is 48.8 Å². The molecule has 2 aromatic heterocycles. The number of carbonyl (C=O) groups is 1. The van der Waals surface area contributed by atoms with Gasteiger partial charge in [0.2, 0.25) is 5.91 Å². The second-order valence-corrected chi connectivity index (χ2v) is 7.96. The van der Waals surface area contributed by atoms with Gasteiger partial charge < -0.3 is 9.64 Å². The van der Waals surface area contributed by atoms with Gasteiger partial charge in [-0.25, -0.2) is 0 Å². The molecular weight excluding hydrogens is 398 g/mol. The molecule has 1 aliphatic heterocycles. The molecule has 7 nitrogen and oxygen atoms in total. The molecule has 0 atom stereocenters. The van der Waals surface area contributed by atoms with E-state index in [1.54, 1.807) is 12.4 Å². The van der Waals surface area contributed by atoms with E-state index in [2.05, 4.69) is 15.2 Å². The van der Waals surface area contributed by atoms with E-state index in [1.165, 1.54) is 18.2 Å². The van der Waals surface area contributed by atoms with Crippen molar-refractivity contribution in [2.24, 2.45) is 0 Å². The summed E-state index contributed by atoms with van der Waals surface area (Å²) >= 11 is 1.41. The van der Waals surface area contributed by atoms with E-state index in [0.29, 0.717) is 23.3 Å². The molecule has 3 heterocycles. The number of para-hydroxylation sites is 2. The number of hydrogen-bond acceptors (Lipinski definition) is 6. The van der Waals surface area contributed by atoms with Crippen molar-refractivity contribution in [3.63, 3.8) is 0 Å². The molecule has 3 aromatic rings. The SMILES string of the molecule is CCOc1ccccc1-n1c(SCC(=O)N2CCCCC2)nnc1-c1cccnc1. The van der Waals surface area contributed by atoms with Crippen LogP contribution in [0, 0.1) is 0 Å². The van der Waals surface area contributed by atoms with Crippen LogP contribution in [0.5, 0.6) is 5.75 Å². The van der Waals surface area contributed by atoms with E-state index in [1.807, 2.05) is 52.8 Å². The summed E-state index contributed by atoms with van der Waals surface area (Å²) in [5.74, 6) is 1.90. The molecular formula is C22H25N5O2S. The first-order chi connectivity index (χ1) is 14.8. The van der Waals surface area contributed by atoms with Crippen LogP contribution in [0.4, 0.5) is 0 Å². The Balaban J connectivity index is 1.67. The van der Waals surface area contributed by atoms with Gasteiger partial charge in [0, 0.05) is 31.0 Å². The Hall–Kier alpha value is -2.87. The van der Waals surface area contributed by atoms with Gasteiger partial charge in [0.05, 0.1) is 18.0 Å². The molecule has 0 radical (unpaired) electrons. The van der Waals surface area contributed by atoms with Crippen molar-refractivity contribution in [1.29, 1.82) is 0 Å². The lowest BCUT2D eigenvalue weighted by Gasteiger charge is -2.26. The zero-order chi connectivity index (χ0) is 20.8.